The molecule has 4 heteroatoms. The fourth-order valence-corrected chi connectivity index (χ4v) is 2.61. The fourth-order valence-electron chi connectivity index (χ4n) is 2.61. The number of nitrogens with zero attached hydrogens (tertiary/aromatic N) is 1. The maximum absolute atomic E-state index is 6.27. The van der Waals surface area contributed by atoms with Gasteiger partial charge >= 0.3 is 0 Å². The molecule has 1 aromatic heterocycles. The van der Waals surface area contributed by atoms with Crippen LogP contribution in [0.3, 0.4) is 0 Å². The number of aryl methyl sites for hydroxylation is 1. The van der Waals surface area contributed by atoms with Crippen LogP contribution < -0.4 is 15.2 Å². The molecule has 0 aliphatic carbocycles. The van der Waals surface area contributed by atoms with E-state index >= 15 is 0 Å². The molecule has 0 saturated heterocycles. The van der Waals surface area contributed by atoms with Crippen LogP contribution in [0.4, 0.5) is 0 Å². The number of aromatic nitrogens is 1. The van der Waals surface area contributed by atoms with E-state index in [0.717, 1.165) is 29.0 Å². The molecule has 0 spiro atoms. The van der Waals surface area contributed by atoms with Gasteiger partial charge in [0.05, 0.1) is 7.11 Å². The van der Waals surface area contributed by atoms with Gasteiger partial charge in [0, 0.05) is 42.0 Å². The topological polar surface area (TPSA) is 57.4 Å². The van der Waals surface area contributed by atoms with Crippen LogP contribution in [-0.2, 0) is 0 Å². The monoisotopic (exact) mass is 270 g/mol. The first-order chi connectivity index (χ1) is 9.69. The Balaban J connectivity index is 1.97. The van der Waals surface area contributed by atoms with Gasteiger partial charge in [0.1, 0.15) is 17.6 Å². The molecule has 0 amide bonds. The number of benzene rings is 1. The first-order valence-electron chi connectivity index (χ1n) is 6.69. The number of rotatable bonds is 2. The summed E-state index contributed by atoms with van der Waals surface area (Å²) in [6.45, 7) is 2.06. The van der Waals surface area contributed by atoms with E-state index < -0.39 is 0 Å². The Labute approximate surface area is 118 Å². The van der Waals surface area contributed by atoms with Crippen molar-refractivity contribution >= 4 is 0 Å². The Morgan fingerprint density at radius 2 is 2.15 bits per heavy atom. The third kappa shape index (κ3) is 2.23. The van der Waals surface area contributed by atoms with Crippen molar-refractivity contribution in [3.63, 3.8) is 0 Å². The predicted octanol–water partition coefficient (Wildman–Crippen LogP) is 2.92. The Hall–Kier alpha value is -2.07. The zero-order valence-electron chi connectivity index (χ0n) is 11.7. The molecule has 0 fully saturated rings. The van der Waals surface area contributed by atoms with Crippen molar-refractivity contribution < 1.29 is 9.47 Å². The Morgan fingerprint density at radius 3 is 2.90 bits per heavy atom. The SMILES string of the molecule is COc1ccc2c(c1)OC(c1cnccc1C)C[C@H]2N. The molecule has 1 aliphatic heterocycles. The molecule has 3 rings (SSSR count). The van der Waals surface area contributed by atoms with E-state index in [1.165, 1.54) is 5.56 Å². The maximum Gasteiger partial charge on any atom is 0.128 e. The molecule has 2 atom stereocenters. The first-order valence-corrected chi connectivity index (χ1v) is 6.69. The lowest BCUT2D eigenvalue weighted by molar-refractivity contribution is 0.160. The predicted molar refractivity (Wildman–Crippen MR) is 76.9 cm³/mol. The summed E-state index contributed by atoms with van der Waals surface area (Å²) in [6, 6.07) is 7.75. The van der Waals surface area contributed by atoms with Gasteiger partial charge in [-0.15, -0.1) is 0 Å². The lowest BCUT2D eigenvalue weighted by atomic mass is 9.92. The van der Waals surface area contributed by atoms with Gasteiger partial charge in [-0.3, -0.25) is 4.98 Å². The van der Waals surface area contributed by atoms with Crippen molar-refractivity contribution in [3.8, 4) is 11.5 Å². The van der Waals surface area contributed by atoms with E-state index in [2.05, 4.69) is 11.9 Å². The molecule has 0 bridgehead atoms. The fraction of sp³-hybridized carbons (Fsp3) is 0.312. The summed E-state index contributed by atoms with van der Waals surface area (Å²) >= 11 is 0. The number of hydrogen-bond acceptors (Lipinski definition) is 4. The maximum atomic E-state index is 6.27. The van der Waals surface area contributed by atoms with Crippen molar-refractivity contribution in [2.45, 2.75) is 25.5 Å². The third-order valence-corrected chi connectivity index (χ3v) is 3.78. The minimum absolute atomic E-state index is 0.0331. The Morgan fingerprint density at radius 1 is 1.30 bits per heavy atom. The molecule has 1 unspecified atom stereocenters. The van der Waals surface area contributed by atoms with Gasteiger partial charge in [-0.25, -0.2) is 0 Å². The van der Waals surface area contributed by atoms with Gasteiger partial charge in [0.25, 0.3) is 0 Å². The molecule has 20 heavy (non-hydrogen) atoms. The van der Waals surface area contributed by atoms with Crippen molar-refractivity contribution in [2.75, 3.05) is 7.11 Å². The molecule has 2 N–H and O–H groups in total. The number of pyridine rings is 1. The van der Waals surface area contributed by atoms with Crippen LogP contribution >= 0.6 is 0 Å². The van der Waals surface area contributed by atoms with Crippen molar-refractivity contribution in [1.29, 1.82) is 0 Å². The molecular weight excluding hydrogens is 252 g/mol. The van der Waals surface area contributed by atoms with Gasteiger partial charge in [-0.2, -0.15) is 0 Å². The number of nitrogens with two attached hydrogens (primary N) is 1. The Kier molecular flexibility index (Phi) is 3.32. The molecule has 104 valence electrons. The van der Waals surface area contributed by atoms with E-state index in [-0.39, 0.29) is 12.1 Å². The second-order valence-corrected chi connectivity index (χ2v) is 5.08. The van der Waals surface area contributed by atoms with Crippen molar-refractivity contribution in [2.24, 2.45) is 5.73 Å². The Bertz CT molecular complexity index is 628. The molecule has 2 heterocycles. The van der Waals surface area contributed by atoms with Crippen molar-refractivity contribution in [1.82, 2.24) is 4.98 Å². The van der Waals surface area contributed by atoms with Crippen LogP contribution in [0, 0.1) is 6.92 Å². The second-order valence-electron chi connectivity index (χ2n) is 5.08. The molecule has 0 radical (unpaired) electrons. The molecule has 0 saturated carbocycles. The van der Waals surface area contributed by atoms with Crippen LogP contribution in [0.5, 0.6) is 11.5 Å². The van der Waals surface area contributed by atoms with E-state index in [9.17, 15) is 0 Å². The zero-order chi connectivity index (χ0) is 14.1. The zero-order valence-corrected chi connectivity index (χ0v) is 11.7. The average Bonchev–Trinajstić information content (AvgIpc) is 2.47. The van der Waals surface area contributed by atoms with Gasteiger partial charge < -0.3 is 15.2 Å². The molecule has 1 aliphatic rings. The van der Waals surface area contributed by atoms with Crippen LogP contribution in [0.2, 0.25) is 0 Å². The van der Waals surface area contributed by atoms with E-state index in [0.29, 0.717) is 0 Å². The number of fused-ring (bicyclic) bond motifs is 1. The van der Waals surface area contributed by atoms with E-state index in [4.69, 9.17) is 15.2 Å². The van der Waals surface area contributed by atoms with E-state index in [1.807, 2.05) is 30.5 Å². The quantitative estimate of drug-likeness (QED) is 0.911. The van der Waals surface area contributed by atoms with Crippen LogP contribution in [0.1, 0.15) is 35.3 Å². The smallest absolute Gasteiger partial charge is 0.128 e. The summed E-state index contributed by atoms with van der Waals surface area (Å²) in [7, 11) is 1.65. The summed E-state index contributed by atoms with van der Waals surface area (Å²) < 4.78 is 11.4. The number of methoxy groups -OCH3 is 1. The summed E-state index contributed by atoms with van der Waals surface area (Å²) in [6.07, 6.45) is 4.35. The highest BCUT2D eigenvalue weighted by molar-refractivity contribution is 5.44. The summed E-state index contributed by atoms with van der Waals surface area (Å²) in [5.41, 5.74) is 9.57. The minimum Gasteiger partial charge on any atom is -0.497 e. The number of hydrogen-bond donors (Lipinski definition) is 1. The summed E-state index contributed by atoms with van der Waals surface area (Å²) in [5, 5.41) is 0. The lowest BCUT2D eigenvalue weighted by Gasteiger charge is -2.31. The van der Waals surface area contributed by atoms with E-state index in [1.54, 1.807) is 13.3 Å². The largest absolute Gasteiger partial charge is 0.497 e. The normalized spacial score (nSPS) is 20.9. The first kappa shape index (κ1) is 12.9. The highest BCUT2D eigenvalue weighted by Gasteiger charge is 2.28. The second kappa shape index (κ2) is 5.13. The standard InChI is InChI=1S/C16H18N2O2/c1-10-5-6-18-9-13(10)16-8-14(17)12-4-3-11(19-2)7-15(12)20-16/h3-7,9,14,16H,8,17H2,1-2H3/t14-,16?/m1/s1. The molecule has 2 aromatic rings. The minimum atomic E-state index is -0.0571. The van der Waals surface area contributed by atoms with Crippen LogP contribution in [0.15, 0.2) is 36.7 Å². The lowest BCUT2D eigenvalue weighted by Crippen LogP contribution is -2.24. The molecule has 4 nitrogen and oxygen atoms in total. The molecular formula is C16H18N2O2. The third-order valence-electron chi connectivity index (χ3n) is 3.78. The highest BCUT2D eigenvalue weighted by Crippen LogP contribution is 2.41. The average molecular weight is 270 g/mol. The highest BCUT2D eigenvalue weighted by atomic mass is 16.5. The van der Waals surface area contributed by atoms with Gasteiger partial charge in [-0.1, -0.05) is 6.07 Å². The van der Waals surface area contributed by atoms with Gasteiger partial charge in [0.2, 0.25) is 0 Å². The van der Waals surface area contributed by atoms with Gasteiger partial charge in [0.15, 0.2) is 0 Å². The van der Waals surface area contributed by atoms with Gasteiger partial charge in [-0.05, 0) is 24.6 Å². The van der Waals surface area contributed by atoms with Crippen molar-refractivity contribution in [3.05, 3.63) is 53.3 Å². The number of ether oxygens (including phenoxy) is 2. The van der Waals surface area contributed by atoms with Crippen LogP contribution in [0.25, 0.3) is 0 Å². The molecule has 1 aromatic carbocycles. The van der Waals surface area contributed by atoms with Crippen LogP contribution in [-0.4, -0.2) is 12.1 Å². The summed E-state index contributed by atoms with van der Waals surface area (Å²) in [5.74, 6) is 1.58. The summed E-state index contributed by atoms with van der Waals surface area (Å²) in [4.78, 5) is 4.19.